The number of hydrogen-bond acceptors (Lipinski definition) is 2. The summed E-state index contributed by atoms with van der Waals surface area (Å²) in [5.74, 6) is 0. The normalized spacial score (nSPS) is 7.40. The maximum Gasteiger partial charge on any atom is 0.120 e. The average molecular weight is 90.1 g/mol. The second-order valence-electron chi connectivity index (χ2n) is 0.581. The minimum atomic E-state index is -0.296. The lowest BCUT2D eigenvalue weighted by atomic mass is 10.7. The summed E-state index contributed by atoms with van der Waals surface area (Å²) in [5.41, 5.74) is 6.31. The van der Waals surface area contributed by atoms with Crippen molar-refractivity contribution in [2.24, 2.45) is 0 Å². The first-order valence-corrected chi connectivity index (χ1v) is 1.53. The molecule has 0 amide bonds. The zero-order valence-electron chi connectivity index (χ0n) is 2.56. The molecule has 2 N–H and O–H groups in total. The Hall–Kier alpha value is -0.150. The molecule has 0 rings (SSSR count). The van der Waals surface area contributed by atoms with Gasteiger partial charge in [-0.3, -0.25) is 5.73 Å². The Labute approximate surface area is 35.6 Å². The smallest absolute Gasteiger partial charge is 0.120 e. The first-order valence-electron chi connectivity index (χ1n) is 1.12. The van der Waals surface area contributed by atoms with Crippen LogP contribution < -0.4 is 5.73 Å². The molecular formula is C2H4NOS. The van der Waals surface area contributed by atoms with Crippen LogP contribution in [-0.4, -0.2) is 16.7 Å². The lowest BCUT2D eigenvalue weighted by Crippen LogP contribution is -1.98. The van der Waals surface area contributed by atoms with Crippen molar-refractivity contribution in [1.82, 2.24) is 5.73 Å². The quantitative estimate of drug-likeness (QED) is 0.445. The van der Waals surface area contributed by atoms with Crippen molar-refractivity contribution in [2.75, 3.05) is 6.61 Å². The molecule has 3 heteroatoms. The molecule has 0 aromatic rings. The SMILES string of the molecule is [NH]C(=S)CO. The molecule has 0 fully saturated rings. The topological polar surface area (TPSA) is 44.0 Å². The van der Waals surface area contributed by atoms with Crippen molar-refractivity contribution in [3.05, 3.63) is 0 Å². The standard InChI is InChI=1S/C2H4NOS/c3-2(5)1-4/h3-4H,1H2. The molecule has 0 saturated heterocycles. The highest BCUT2D eigenvalue weighted by atomic mass is 32.1. The Kier molecular flexibility index (Phi) is 2.05. The molecule has 5 heavy (non-hydrogen) atoms. The van der Waals surface area contributed by atoms with E-state index in [0.717, 1.165) is 0 Å². The largest absolute Gasteiger partial charge is 0.389 e. The van der Waals surface area contributed by atoms with E-state index >= 15 is 0 Å². The number of rotatable bonds is 1. The van der Waals surface area contributed by atoms with Gasteiger partial charge in [0.2, 0.25) is 0 Å². The first kappa shape index (κ1) is 4.85. The van der Waals surface area contributed by atoms with E-state index in [1.54, 1.807) is 0 Å². The Morgan fingerprint density at radius 2 is 2.20 bits per heavy atom. The van der Waals surface area contributed by atoms with Crippen molar-refractivity contribution < 1.29 is 5.11 Å². The maximum absolute atomic E-state index is 7.81. The van der Waals surface area contributed by atoms with Gasteiger partial charge in [0.25, 0.3) is 0 Å². The fourth-order valence-electron chi connectivity index (χ4n) is 0. The van der Waals surface area contributed by atoms with E-state index in [2.05, 4.69) is 12.2 Å². The summed E-state index contributed by atoms with van der Waals surface area (Å²) in [5, 5.41) is 7.81. The van der Waals surface area contributed by atoms with E-state index in [4.69, 9.17) is 10.8 Å². The van der Waals surface area contributed by atoms with Crippen LogP contribution in [0.3, 0.4) is 0 Å². The van der Waals surface area contributed by atoms with Crippen molar-refractivity contribution in [2.45, 2.75) is 0 Å². The molecule has 0 heterocycles. The zero-order chi connectivity index (χ0) is 4.28. The second kappa shape index (κ2) is 2.11. The summed E-state index contributed by atoms with van der Waals surface area (Å²) in [7, 11) is 0. The van der Waals surface area contributed by atoms with Crippen LogP contribution >= 0.6 is 12.2 Å². The van der Waals surface area contributed by atoms with Crippen molar-refractivity contribution in [3.8, 4) is 0 Å². The maximum atomic E-state index is 7.81. The minimum Gasteiger partial charge on any atom is -0.389 e. The van der Waals surface area contributed by atoms with Gasteiger partial charge < -0.3 is 5.11 Å². The summed E-state index contributed by atoms with van der Waals surface area (Å²) >= 11 is 4.11. The van der Waals surface area contributed by atoms with Crippen LogP contribution in [0.4, 0.5) is 0 Å². The Morgan fingerprint density at radius 1 is 2.00 bits per heavy atom. The molecule has 0 aromatic heterocycles. The first-order chi connectivity index (χ1) is 2.27. The third-order valence-electron chi connectivity index (χ3n) is 0.144. The van der Waals surface area contributed by atoms with Crippen molar-refractivity contribution in [3.63, 3.8) is 0 Å². The summed E-state index contributed by atoms with van der Waals surface area (Å²) in [6, 6.07) is 0. The molecular weight excluding hydrogens is 86.1 g/mol. The summed E-state index contributed by atoms with van der Waals surface area (Å²) in [6.45, 7) is -0.296. The highest BCUT2D eigenvalue weighted by Gasteiger charge is 1.74. The van der Waals surface area contributed by atoms with Crippen LogP contribution in [-0.2, 0) is 0 Å². The predicted octanol–water partition coefficient (Wildman–Crippen LogP) is -0.411. The van der Waals surface area contributed by atoms with Crippen LogP contribution in [0.2, 0.25) is 0 Å². The van der Waals surface area contributed by atoms with E-state index in [9.17, 15) is 0 Å². The fraction of sp³-hybridized carbons (Fsp3) is 0.500. The summed E-state index contributed by atoms with van der Waals surface area (Å²) in [4.78, 5) is -0.106. The monoisotopic (exact) mass is 90.0 g/mol. The second-order valence-corrected chi connectivity index (χ2v) is 1.07. The lowest BCUT2D eigenvalue weighted by molar-refractivity contribution is 0.358. The summed E-state index contributed by atoms with van der Waals surface area (Å²) < 4.78 is 0. The molecule has 0 aromatic carbocycles. The van der Waals surface area contributed by atoms with Gasteiger partial charge in [0.15, 0.2) is 0 Å². The molecule has 0 unspecified atom stereocenters. The highest BCUT2D eigenvalue weighted by Crippen LogP contribution is 1.57. The van der Waals surface area contributed by atoms with Gasteiger partial charge in [-0.25, -0.2) is 0 Å². The van der Waals surface area contributed by atoms with Gasteiger partial charge in [0.1, 0.15) is 4.99 Å². The Bertz CT molecular complexity index is 44.9. The van der Waals surface area contributed by atoms with Crippen molar-refractivity contribution >= 4 is 17.2 Å². The number of thiocarbonyl (C=S) groups is 1. The molecule has 0 saturated carbocycles. The summed E-state index contributed by atoms with van der Waals surface area (Å²) in [6.07, 6.45) is 0. The van der Waals surface area contributed by atoms with E-state index in [1.807, 2.05) is 0 Å². The van der Waals surface area contributed by atoms with E-state index in [1.165, 1.54) is 0 Å². The molecule has 0 aliphatic heterocycles. The van der Waals surface area contributed by atoms with Gasteiger partial charge in [-0.15, -0.1) is 0 Å². The van der Waals surface area contributed by atoms with Crippen LogP contribution in [0.5, 0.6) is 0 Å². The number of aliphatic hydroxyl groups excluding tert-OH is 1. The Balaban J connectivity index is 2.85. The number of hydrogen-bond donors (Lipinski definition) is 1. The van der Waals surface area contributed by atoms with Crippen LogP contribution in [0, 0.1) is 0 Å². The van der Waals surface area contributed by atoms with Gasteiger partial charge in [0, 0.05) is 0 Å². The third kappa shape index (κ3) is 3.85. The fourth-order valence-corrected chi connectivity index (χ4v) is 0. The molecule has 0 spiro atoms. The van der Waals surface area contributed by atoms with Crippen LogP contribution in [0.1, 0.15) is 0 Å². The van der Waals surface area contributed by atoms with Gasteiger partial charge >= 0.3 is 0 Å². The van der Waals surface area contributed by atoms with Crippen LogP contribution in [0.25, 0.3) is 0 Å². The van der Waals surface area contributed by atoms with Gasteiger partial charge in [-0.2, -0.15) is 0 Å². The lowest BCUT2D eigenvalue weighted by Gasteiger charge is -1.75. The molecule has 0 atom stereocenters. The van der Waals surface area contributed by atoms with Crippen LogP contribution in [0.15, 0.2) is 0 Å². The van der Waals surface area contributed by atoms with E-state index < -0.39 is 0 Å². The molecule has 0 aliphatic rings. The number of nitrogens with one attached hydrogen (secondary N) is 1. The highest BCUT2D eigenvalue weighted by molar-refractivity contribution is 7.80. The van der Waals surface area contributed by atoms with Gasteiger partial charge in [-0.1, -0.05) is 12.2 Å². The molecule has 2 nitrogen and oxygen atoms in total. The van der Waals surface area contributed by atoms with E-state index in [-0.39, 0.29) is 11.6 Å². The van der Waals surface area contributed by atoms with Gasteiger partial charge in [-0.05, 0) is 0 Å². The zero-order valence-corrected chi connectivity index (χ0v) is 3.38. The van der Waals surface area contributed by atoms with Crippen molar-refractivity contribution in [1.29, 1.82) is 0 Å². The van der Waals surface area contributed by atoms with Gasteiger partial charge in [0.05, 0.1) is 6.61 Å². The number of aliphatic hydroxyl groups is 1. The Morgan fingerprint density at radius 3 is 2.20 bits per heavy atom. The minimum absolute atomic E-state index is 0.106. The molecule has 0 aliphatic carbocycles. The molecule has 0 bridgehead atoms. The molecule has 29 valence electrons. The predicted molar refractivity (Wildman–Crippen MR) is 22.8 cm³/mol. The molecule has 1 radical (unpaired) electrons. The average Bonchev–Trinajstić information content (AvgIpc) is 1.38. The third-order valence-corrected chi connectivity index (χ3v) is 0.273. The van der Waals surface area contributed by atoms with E-state index in [0.29, 0.717) is 0 Å².